The van der Waals surface area contributed by atoms with Crippen molar-refractivity contribution in [3.05, 3.63) is 66.7 Å². The number of hydrogen-bond acceptors (Lipinski definition) is 8. The maximum Gasteiger partial charge on any atom is 0.310 e. The van der Waals surface area contributed by atoms with E-state index >= 15 is 0 Å². The van der Waals surface area contributed by atoms with E-state index in [1.807, 2.05) is 0 Å². The molecule has 0 atom stereocenters. The van der Waals surface area contributed by atoms with Gasteiger partial charge in [0.2, 0.25) is 0 Å². The monoisotopic (exact) mass is 438 g/mol. The first-order chi connectivity index (χ1) is 12.8. The standard InChI is InChI=1S/C15H11BrN4O7/c16-11-6-10(19(23)24)2-4-14(11)27-8-15(22)18-17-7-9-1-3-12(20(25)26)13(21)5-9/h1-7,21H,8H2,(H,18,22)/b17-7-. The lowest BCUT2D eigenvalue weighted by atomic mass is 10.2. The Kier molecular flexibility index (Phi) is 6.38. The molecule has 27 heavy (non-hydrogen) atoms. The highest BCUT2D eigenvalue weighted by atomic mass is 79.9. The van der Waals surface area contributed by atoms with Gasteiger partial charge in [0, 0.05) is 18.2 Å². The van der Waals surface area contributed by atoms with E-state index in [2.05, 4.69) is 26.5 Å². The van der Waals surface area contributed by atoms with Crippen LogP contribution in [0.2, 0.25) is 0 Å². The molecule has 0 aromatic heterocycles. The van der Waals surface area contributed by atoms with Crippen LogP contribution >= 0.6 is 15.9 Å². The van der Waals surface area contributed by atoms with Gasteiger partial charge in [-0.05, 0) is 39.7 Å². The van der Waals surface area contributed by atoms with Crippen molar-refractivity contribution < 1.29 is 24.5 Å². The molecule has 2 rings (SSSR count). The number of phenolic OH excluding ortho intramolecular Hbond substituents is 1. The summed E-state index contributed by atoms with van der Waals surface area (Å²) in [5, 5.41) is 34.4. The second-order valence-corrected chi connectivity index (χ2v) is 5.81. The van der Waals surface area contributed by atoms with Crippen molar-refractivity contribution in [2.45, 2.75) is 0 Å². The van der Waals surface area contributed by atoms with Gasteiger partial charge < -0.3 is 9.84 Å². The molecule has 0 bridgehead atoms. The first kappa shape index (κ1) is 19.8. The summed E-state index contributed by atoms with van der Waals surface area (Å²) in [5.74, 6) is -0.899. The van der Waals surface area contributed by atoms with Crippen molar-refractivity contribution in [3.63, 3.8) is 0 Å². The van der Waals surface area contributed by atoms with Gasteiger partial charge in [-0.1, -0.05) is 0 Å². The molecule has 0 spiro atoms. The van der Waals surface area contributed by atoms with E-state index in [4.69, 9.17) is 4.74 Å². The smallest absolute Gasteiger partial charge is 0.310 e. The van der Waals surface area contributed by atoms with Crippen LogP contribution in [0.1, 0.15) is 5.56 Å². The van der Waals surface area contributed by atoms with E-state index in [-0.39, 0.29) is 11.4 Å². The third-order valence-corrected chi connectivity index (χ3v) is 3.70. The molecule has 11 nitrogen and oxygen atoms in total. The number of hydrogen-bond donors (Lipinski definition) is 2. The van der Waals surface area contributed by atoms with Gasteiger partial charge in [0.15, 0.2) is 12.4 Å². The molecule has 2 N–H and O–H groups in total. The molecule has 140 valence electrons. The maximum atomic E-state index is 11.7. The predicted octanol–water partition coefficient (Wildman–Crippen LogP) is 2.50. The Bertz CT molecular complexity index is 932. The quantitative estimate of drug-likeness (QED) is 0.381. The third-order valence-electron chi connectivity index (χ3n) is 3.08. The van der Waals surface area contributed by atoms with Crippen molar-refractivity contribution in [2.75, 3.05) is 6.61 Å². The zero-order valence-electron chi connectivity index (χ0n) is 13.4. The van der Waals surface area contributed by atoms with Gasteiger partial charge in [0.05, 0.1) is 20.5 Å². The summed E-state index contributed by atoms with van der Waals surface area (Å²) in [6, 6.07) is 7.39. The lowest BCUT2D eigenvalue weighted by Gasteiger charge is -2.06. The number of nitrogens with one attached hydrogen (secondary N) is 1. The second-order valence-electron chi connectivity index (χ2n) is 4.96. The molecule has 1 amide bonds. The summed E-state index contributed by atoms with van der Waals surface area (Å²) < 4.78 is 5.54. The highest BCUT2D eigenvalue weighted by Gasteiger charge is 2.13. The molecule has 2 aromatic carbocycles. The van der Waals surface area contributed by atoms with Gasteiger partial charge in [0.25, 0.3) is 11.6 Å². The van der Waals surface area contributed by atoms with Crippen molar-refractivity contribution in [2.24, 2.45) is 5.10 Å². The number of aromatic hydroxyl groups is 1. The fourth-order valence-electron chi connectivity index (χ4n) is 1.85. The number of nitrogens with zero attached hydrogens (tertiary/aromatic N) is 3. The molecular formula is C15H11BrN4O7. The van der Waals surface area contributed by atoms with Crippen LogP contribution in [0, 0.1) is 20.2 Å². The Morgan fingerprint density at radius 2 is 1.96 bits per heavy atom. The molecule has 0 saturated carbocycles. The average molecular weight is 439 g/mol. The van der Waals surface area contributed by atoms with Crippen LogP contribution in [0.5, 0.6) is 11.5 Å². The Morgan fingerprint density at radius 3 is 2.56 bits per heavy atom. The number of nitro groups is 2. The van der Waals surface area contributed by atoms with E-state index in [1.165, 1.54) is 30.5 Å². The highest BCUT2D eigenvalue weighted by molar-refractivity contribution is 9.10. The van der Waals surface area contributed by atoms with Gasteiger partial charge in [0.1, 0.15) is 5.75 Å². The molecule has 0 unspecified atom stereocenters. The minimum absolute atomic E-state index is 0.130. The minimum atomic E-state index is -0.730. The Morgan fingerprint density at radius 1 is 1.22 bits per heavy atom. The number of carbonyl (C=O) groups is 1. The molecule has 12 heteroatoms. The van der Waals surface area contributed by atoms with E-state index in [0.717, 1.165) is 12.1 Å². The molecule has 0 aliphatic heterocycles. The zero-order valence-corrected chi connectivity index (χ0v) is 15.0. The lowest BCUT2D eigenvalue weighted by molar-refractivity contribution is -0.385. The number of phenols is 1. The van der Waals surface area contributed by atoms with Gasteiger partial charge in [-0.15, -0.1) is 0 Å². The van der Waals surface area contributed by atoms with E-state index < -0.39 is 33.8 Å². The molecular weight excluding hydrogens is 428 g/mol. The van der Waals surface area contributed by atoms with Crippen LogP contribution in [-0.2, 0) is 4.79 Å². The SMILES string of the molecule is O=C(COc1ccc([N+](=O)[O-])cc1Br)N/N=C\c1ccc([N+](=O)[O-])c(O)c1. The number of halogens is 1. The first-order valence-corrected chi connectivity index (χ1v) is 7.93. The molecule has 0 aliphatic rings. The molecule has 2 aromatic rings. The van der Waals surface area contributed by atoms with E-state index in [9.17, 15) is 30.1 Å². The number of hydrazone groups is 1. The summed E-state index contributed by atoms with van der Waals surface area (Å²) in [5.41, 5.74) is 1.93. The summed E-state index contributed by atoms with van der Waals surface area (Å²) in [6.07, 6.45) is 1.18. The van der Waals surface area contributed by atoms with Crippen LogP contribution in [0.25, 0.3) is 0 Å². The van der Waals surface area contributed by atoms with E-state index in [0.29, 0.717) is 10.0 Å². The lowest BCUT2D eigenvalue weighted by Crippen LogP contribution is -2.24. The molecule has 0 radical (unpaired) electrons. The summed E-state index contributed by atoms with van der Waals surface area (Å²) >= 11 is 3.11. The van der Waals surface area contributed by atoms with Gasteiger partial charge in [-0.3, -0.25) is 25.0 Å². The van der Waals surface area contributed by atoms with Gasteiger partial charge in [-0.2, -0.15) is 5.10 Å². The summed E-state index contributed by atoms with van der Waals surface area (Å²) in [6.45, 7) is -0.404. The number of carbonyl (C=O) groups excluding carboxylic acids is 1. The fraction of sp³-hybridized carbons (Fsp3) is 0.0667. The van der Waals surface area contributed by atoms with Crippen molar-refractivity contribution in [1.82, 2.24) is 5.43 Å². The van der Waals surface area contributed by atoms with Gasteiger partial charge >= 0.3 is 5.69 Å². The number of rotatable bonds is 7. The zero-order chi connectivity index (χ0) is 20.0. The normalized spacial score (nSPS) is 10.6. The van der Waals surface area contributed by atoms with Crippen LogP contribution in [0.15, 0.2) is 46.0 Å². The van der Waals surface area contributed by atoms with Crippen LogP contribution < -0.4 is 10.2 Å². The molecule has 0 saturated heterocycles. The minimum Gasteiger partial charge on any atom is -0.502 e. The number of nitro benzene ring substituents is 2. The third kappa shape index (κ3) is 5.47. The highest BCUT2D eigenvalue weighted by Crippen LogP contribution is 2.29. The molecule has 0 aliphatic carbocycles. The topological polar surface area (TPSA) is 157 Å². The van der Waals surface area contributed by atoms with Crippen molar-refractivity contribution in [1.29, 1.82) is 0 Å². The largest absolute Gasteiger partial charge is 0.502 e. The Balaban J connectivity index is 1.89. The van der Waals surface area contributed by atoms with Crippen LogP contribution in [-0.4, -0.2) is 33.7 Å². The van der Waals surface area contributed by atoms with Crippen molar-refractivity contribution in [3.8, 4) is 11.5 Å². The number of ether oxygens (including phenoxy) is 1. The predicted molar refractivity (Wildman–Crippen MR) is 96.8 cm³/mol. The maximum absolute atomic E-state index is 11.7. The number of amides is 1. The Labute approximate surface area is 159 Å². The molecule has 0 heterocycles. The van der Waals surface area contributed by atoms with Gasteiger partial charge in [-0.25, -0.2) is 5.43 Å². The number of benzene rings is 2. The second kappa shape index (κ2) is 8.71. The van der Waals surface area contributed by atoms with E-state index in [1.54, 1.807) is 0 Å². The Hall–Kier alpha value is -3.54. The number of non-ortho nitro benzene ring substituents is 1. The average Bonchev–Trinajstić information content (AvgIpc) is 2.60. The fourth-order valence-corrected chi connectivity index (χ4v) is 2.33. The van der Waals surface area contributed by atoms with Crippen LogP contribution in [0.4, 0.5) is 11.4 Å². The summed E-state index contributed by atoms with van der Waals surface area (Å²) in [4.78, 5) is 31.7. The van der Waals surface area contributed by atoms with Crippen molar-refractivity contribution >= 4 is 39.4 Å². The first-order valence-electron chi connectivity index (χ1n) is 7.14. The summed E-state index contributed by atoms with van der Waals surface area (Å²) in [7, 11) is 0. The van der Waals surface area contributed by atoms with Crippen LogP contribution in [0.3, 0.4) is 0 Å². The molecule has 0 fully saturated rings.